The van der Waals surface area contributed by atoms with E-state index in [4.69, 9.17) is 4.74 Å². The van der Waals surface area contributed by atoms with E-state index in [2.05, 4.69) is 10.3 Å². The molecule has 0 fully saturated rings. The number of nitrogens with zero attached hydrogens (tertiary/aromatic N) is 2. The number of carboxylic acids is 1. The third-order valence-electron chi connectivity index (χ3n) is 2.69. The van der Waals surface area contributed by atoms with Gasteiger partial charge in [0.1, 0.15) is 5.65 Å². The number of hydrogen-bond acceptors (Lipinski definition) is 4. The summed E-state index contributed by atoms with van der Waals surface area (Å²) in [4.78, 5) is 15.5. The molecule has 2 aromatic heterocycles. The van der Waals surface area contributed by atoms with E-state index in [9.17, 15) is 9.90 Å². The largest absolute Gasteiger partial charge is 0.476 e. The Labute approximate surface area is 104 Å². The molecule has 2 N–H and O–H groups in total. The average Bonchev–Trinajstić information content (AvgIpc) is 2.74. The number of imidazole rings is 1. The van der Waals surface area contributed by atoms with Gasteiger partial charge in [-0.3, -0.25) is 4.40 Å². The first-order valence-corrected chi connectivity index (χ1v) is 5.60. The van der Waals surface area contributed by atoms with Gasteiger partial charge in [0.25, 0.3) is 0 Å². The van der Waals surface area contributed by atoms with Gasteiger partial charge in [-0.25, -0.2) is 9.78 Å². The van der Waals surface area contributed by atoms with Crippen LogP contribution >= 0.6 is 0 Å². The van der Waals surface area contributed by atoms with Gasteiger partial charge in [-0.2, -0.15) is 0 Å². The van der Waals surface area contributed by atoms with Crippen LogP contribution in [-0.4, -0.2) is 40.2 Å². The van der Waals surface area contributed by atoms with Gasteiger partial charge in [0.2, 0.25) is 0 Å². The van der Waals surface area contributed by atoms with Crippen molar-refractivity contribution in [3.63, 3.8) is 0 Å². The molecule has 0 radical (unpaired) electrons. The number of pyridine rings is 1. The molecule has 0 aliphatic carbocycles. The van der Waals surface area contributed by atoms with Crippen molar-refractivity contribution < 1.29 is 14.6 Å². The van der Waals surface area contributed by atoms with Crippen LogP contribution < -0.4 is 5.32 Å². The summed E-state index contributed by atoms with van der Waals surface area (Å²) < 4.78 is 6.65. The lowest BCUT2D eigenvalue weighted by atomic mass is 10.3. The van der Waals surface area contributed by atoms with Crippen molar-refractivity contribution in [1.29, 1.82) is 0 Å². The SMILES string of the molecule is COC(C)CNc1nc2ccccn2c1C(=O)O. The number of aromatic carboxylic acids is 1. The lowest BCUT2D eigenvalue weighted by Gasteiger charge is -2.10. The zero-order valence-electron chi connectivity index (χ0n) is 10.3. The molecular formula is C12H15N3O3. The second-order valence-electron chi connectivity index (χ2n) is 3.97. The molecule has 2 rings (SSSR count). The zero-order valence-corrected chi connectivity index (χ0v) is 10.3. The first-order chi connectivity index (χ1) is 8.63. The van der Waals surface area contributed by atoms with E-state index in [1.807, 2.05) is 13.0 Å². The van der Waals surface area contributed by atoms with Crippen LogP contribution in [0.5, 0.6) is 0 Å². The molecule has 0 aliphatic heterocycles. The third-order valence-corrected chi connectivity index (χ3v) is 2.69. The van der Waals surface area contributed by atoms with E-state index in [0.29, 0.717) is 18.0 Å². The Morgan fingerprint density at radius 1 is 1.61 bits per heavy atom. The molecule has 6 nitrogen and oxygen atoms in total. The van der Waals surface area contributed by atoms with Crippen LogP contribution in [0, 0.1) is 0 Å². The monoisotopic (exact) mass is 249 g/mol. The van der Waals surface area contributed by atoms with Crippen LogP contribution in [0.3, 0.4) is 0 Å². The molecule has 0 saturated carbocycles. The molecule has 1 unspecified atom stereocenters. The highest BCUT2D eigenvalue weighted by atomic mass is 16.5. The van der Waals surface area contributed by atoms with Crippen LogP contribution in [0.15, 0.2) is 24.4 Å². The normalized spacial score (nSPS) is 12.6. The molecule has 96 valence electrons. The smallest absolute Gasteiger partial charge is 0.356 e. The molecule has 0 saturated heterocycles. The summed E-state index contributed by atoms with van der Waals surface area (Å²) in [7, 11) is 1.61. The molecule has 1 atom stereocenters. The van der Waals surface area contributed by atoms with Gasteiger partial charge in [0, 0.05) is 19.9 Å². The Morgan fingerprint density at radius 3 is 3.06 bits per heavy atom. The maximum absolute atomic E-state index is 11.3. The van der Waals surface area contributed by atoms with E-state index in [-0.39, 0.29) is 11.8 Å². The van der Waals surface area contributed by atoms with Crippen LogP contribution in [0.1, 0.15) is 17.4 Å². The number of rotatable bonds is 5. The minimum absolute atomic E-state index is 0.0172. The maximum Gasteiger partial charge on any atom is 0.356 e. The maximum atomic E-state index is 11.3. The fraction of sp³-hybridized carbons (Fsp3) is 0.333. The highest BCUT2D eigenvalue weighted by Crippen LogP contribution is 2.17. The molecule has 2 heterocycles. The molecule has 0 spiro atoms. The summed E-state index contributed by atoms with van der Waals surface area (Å²) in [5.74, 6) is -0.654. The summed E-state index contributed by atoms with van der Waals surface area (Å²) in [5, 5.41) is 12.2. The fourth-order valence-corrected chi connectivity index (χ4v) is 1.65. The lowest BCUT2D eigenvalue weighted by Crippen LogP contribution is -2.19. The molecule has 0 amide bonds. The third kappa shape index (κ3) is 2.28. The van der Waals surface area contributed by atoms with Crippen molar-refractivity contribution in [2.24, 2.45) is 0 Å². The number of hydrogen-bond donors (Lipinski definition) is 2. The van der Waals surface area contributed by atoms with Gasteiger partial charge in [-0.15, -0.1) is 0 Å². The van der Waals surface area contributed by atoms with Crippen molar-refractivity contribution in [2.75, 3.05) is 19.0 Å². The van der Waals surface area contributed by atoms with E-state index in [1.165, 1.54) is 0 Å². The van der Waals surface area contributed by atoms with Crippen molar-refractivity contribution >= 4 is 17.4 Å². The van der Waals surface area contributed by atoms with E-state index in [1.54, 1.807) is 29.8 Å². The van der Waals surface area contributed by atoms with E-state index >= 15 is 0 Å². The van der Waals surface area contributed by atoms with Gasteiger partial charge in [-0.1, -0.05) is 6.07 Å². The van der Waals surface area contributed by atoms with Gasteiger partial charge in [0.15, 0.2) is 11.5 Å². The molecule has 0 bridgehead atoms. The predicted molar refractivity (Wildman–Crippen MR) is 67.1 cm³/mol. The summed E-state index contributed by atoms with van der Waals surface area (Å²) >= 11 is 0. The standard InChI is InChI=1S/C12H15N3O3/c1-8(18-2)7-13-11-10(12(16)17)15-6-4-3-5-9(15)14-11/h3-6,8,13H,7H2,1-2H3,(H,16,17). The van der Waals surface area contributed by atoms with Gasteiger partial charge in [0.05, 0.1) is 6.10 Å². The summed E-state index contributed by atoms with van der Waals surface area (Å²) in [5.41, 5.74) is 0.733. The van der Waals surface area contributed by atoms with Crippen molar-refractivity contribution in [3.05, 3.63) is 30.1 Å². The number of methoxy groups -OCH3 is 1. The minimum atomic E-state index is -1.01. The van der Waals surface area contributed by atoms with Crippen LogP contribution in [0.2, 0.25) is 0 Å². The fourth-order valence-electron chi connectivity index (χ4n) is 1.65. The van der Waals surface area contributed by atoms with Crippen LogP contribution in [-0.2, 0) is 4.74 Å². The Morgan fingerprint density at radius 2 is 2.39 bits per heavy atom. The van der Waals surface area contributed by atoms with Gasteiger partial charge >= 0.3 is 5.97 Å². The second kappa shape index (κ2) is 5.05. The quantitative estimate of drug-likeness (QED) is 0.839. The first-order valence-electron chi connectivity index (χ1n) is 5.60. The molecule has 0 aliphatic rings. The second-order valence-corrected chi connectivity index (χ2v) is 3.97. The number of ether oxygens (including phenoxy) is 1. The summed E-state index contributed by atoms with van der Waals surface area (Å²) in [6.45, 7) is 2.39. The van der Waals surface area contributed by atoms with Gasteiger partial charge in [-0.05, 0) is 19.1 Å². The Hall–Kier alpha value is -2.08. The predicted octanol–water partition coefficient (Wildman–Crippen LogP) is 1.48. The number of carbonyl (C=O) groups is 1. The molecule has 6 heteroatoms. The van der Waals surface area contributed by atoms with Crippen LogP contribution in [0.4, 0.5) is 5.82 Å². The lowest BCUT2D eigenvalue weighted by molar-refractivity contribution is 0.0690. The number of anilines is 1. The number of aromatic nitrogens is 2. The van der Waals surface area contributed by atoms with Gasteiger partial charge < -0.3 is 15.2 Å². The topological polar surface area (TPSA) is 75.9 Å². The zero-order chi connectivity index (χ0) is 13.1. The van der Waals surface area contributed by atoms with E-state index in [0.717, 1.165) is 0 Å². The minimum Gasteiger partial charge on any atom is -0.476 e. The molecular weight excluding hydrogens is 234 g/mol. The summed E-state index contributed by atoms with van der Waals surface area (Å²) in [6, 6.07) is 5.34. The van der Waals surface area contributed by atoms with Crippen LogP contribution in [0.25, 0.3) is 5.65 Å². The molecule has 2 aromatic rings. The Kier molecular flexibility index (Phi) is 3.47. The average molecular weight is 249 g/mol. The summed E-state index contributed by atoms with van der Waals surface area (Å²) in [6.07, 6.45) is 1.66. The van der Waals surface area contributed by atoms with Crippen molar-refractivity contribution in [3.8, 4) is 0 Å². The van der Waals surface area contributed by atoms with Crippen molar-refractivity contribution in [1.82, 2.24) is 9.38 Å². The Bertz CT molecular complexity index is 565. The Balaban J connectivity index is 2.37. The number of nitrogens with one attached hydrogen (secondary N) is 1. The molecule has 18 heavy (non-hydrogen) atoms. The number of fused-ring (bicyclic) bond motifs is 1. The highest BCUT2D eigenvalue weighted by Gasteiger charge is 2.18. The highest BCUT2D eigenvalue weighted by molar-refractivity contribution is 5.92. The van der Waals surface area contributed by atoms with E-state index < -0.39 is 5.97 Å². The number of carboxylic acid groups (broad SMARTS) is 1. The first kappa shape index (κ1) is 12.4. The van der Waals surface area contributed by atoms with Crippen molar-refractivity contribution in [2.45, 2.75) is 13.0 Å². The molecule has 0 aromatic carbocycles.